The Morgan fingerprint density at radius 3 is 3.04 bits per heavy atom. The van der Waals surface area contributed by atoms with Gasteiger partial charge in [-0.15, -0.1) is 16.4 Å². The number of rotatable bonds is 5. The Morgan fingerprint density at radius 2 is 2.35 bits per heavy atom. The van der Waals surface area contributed by atoms with E-state index in [0.717, 1.165) is 36.5 Å². The molecule has 1 atom stereocenters. The number of carbonyl (C=O) groups excluding carboxylic acids is 1. The van der Waals surface area contributed by atoms with Crippen molar-refractivity contribution in [1.82, 2.24) is 24.9 Å². The fourth-order valence-electron chi connectivity index (χ4n) is 2.80. The number of likely N-dealkylation sites (tertiary alicyclic amines) is 1. The highest BCUT2D eigenvalue weighted by Gasteiger charge is 2.26. The number of aliphatic hydroxyl groups is 1. The van der Waals surface area contributed by atoms with Crippen molar-refractivity contribution in [3.8, 4) is 0 Å². The Balaban J connectivity index is 1.62. The molecule has 1 amide bonds. The molecule has 8 heteroatoms. The van der Waals surface area contributed by atoms with Crippen LogP contribution >= 0.6 is 11.3 Å². The number of aromatic nitrogens is 4. The van der Waals surface area contributed by atoms with E-state index in [1.807, 2.05) is 10.3 Å². The van der Waals surface area contributed by atoms with Gasteiger partial charge in [0, 0.05) is 18.5 Å². The summed E-state index contributed by atoms with van der Waals surface area (Å²) in [5, 5.41) is 20.0. The third kappa shape index (κ3) is 3.76. The van der Waals surface area contributed by atoms with Crippen molar-refractivity contribution in [2.24, 2.45) is 0 Å². The predicted octanol–water partition coefficient (Wildman–Crippen LogP) is 1.20. The maximum atomic E-state index is 12.5. The molecule has 0 aromatic carbocycles. The van der Waals surface area contributed by atoms with Crippen molar-refractivity contribution >= 4 is 17.2 Å². The monoisotopic (exact) mass is 335 g/mol. The zero-order valence-electron chi connectivity index (χ0n) is 13.2. The summed E-state index contributed by atoms with van der Waals surface area (Å²) < 4.78 is 1.77. The van der Waals surface area contributed by atoms with E-state index in [1.54, 1.807) is 22.2 Å². The van der Waals surface area contributed by atoms with Crippen LogP contribution in [0.15, 0.2) is 11.6 Å². The van der Waals surface area contributed by atoms with Crippen LogP contribution in [-0.4, -0.2) is 49.0 Å². The molecule has 2 aromatic rings. The van der Waals surface area contributed by atoms with Gasteiger partial charge in [0.2, 0.25) is 5.91 Å². The SMILES string of the molecule is CCc1csc(CC(=O)N2CCCC(n3cc(CO)nn3)C2)n1. The fraction of sp³-hybridized carbons (Fsp3) is 0.600. The first-order valence-electron chi connectivity index (χ1n) is 7.92. The van der Waals surface area contributed by atoms with Crippen molar-refractivity contribution in [3.05, 3.63) is 28.0 Å². The number of hydrogen-bond acceptors (Lipinski definition) is 6. The molecule has 0 bridgehead atoms. The van der Waals surface area contributed by atoms with Crippen LogP contribution in [0.3, 0.4) is 0 Å². The average Bonchev–Trinajstić information content (AvgIpc) is 3.24. The maximum absolute atomic E-state index is 12.5. The molecular weight excluding hydrogens is 314 g/mol. The van der Waals surface area contributed by atoms with E-state index in [1.165, 1.54) is 0 Å². The van der Waals surface area contributed by atoms with Crippen LogP contribution in [0.4, 0.5) is 0 Å². The van der Waals surface area contributed by atoms with Crippen LogP contribution in [0.5, 0.6) is 0 Å². The van der Waals surface area contributed by atoms with Crippen LogP contribution < -0.4 is 0 Å². The third-order valence-electron chi connectivity index (χ3n) is 4.11. The molecule has 3 rings (SSSR count). The molecule has 1 aliphatic heterocycles. The van der Waals surface area contributed by atoms with Gasteiger partial charge in [0.1, 0.15) is 10.7 Å². The Labute approximate surface area is 139 Å². The van der Waals surface area contributed by atoms with Crippen LogP contribution in [0.1, 0.15) is 42.2 Å². The lowest BCUT2D eigenvalue weighted by molar-refractivity contribution is -0.132. The Morgan fingerprint density at radius 1 is 1.48 bits per heavy atom. The van der Waals surface area contributed by atoms with Crippen molar-refractivity contribution in [2.75, 3.05) is 13.1 Å². The van der Waals surface area contributed by atoms with E-state index < -0.39 is 0 Å². The molecule has 1 unspecified atom stereocenters. The first-order chi connectivity index (χ1) is 11.2. The minimum Gasteiger partial charge on any atom is -0.390 e. The number of hydrogen-bond donors (Lipinski definition) is 1. The molecule has 1 aliphatic rings. The maximum Gasteiger partial charge on any atom is 0.229 e. The summed E-state index contributed by atoms with van der Waals surface area (Å²) in [5.41, 5.74) is 1.61. The fourth-order valence-corrected chi connectivity index (χ4v) is 3.66. The summed E-state index contributed by atoms with van der Waals surface area (Å²) in [7, 11) is 0. The van der Waals surface area contributed by atoms with Crippen molar-refractivity contribution in [2.45, 2.75) is 45.3 Å². The number of piperidine rings is 1. The molecule has 1 fully saturated rings. The van der Waals surface area contributed by atoms with E-state index in [0.29, 0.717) is 18.7 Å². The Hall–Kier alpha value is -1.80. The summed E-state index contributed by atoms with van der Waals surface area (Å²) >= 11 is 1.56. The lowest BCUT2D eigenvalue weighted by Crippen LogP contribution is -2.41. The van der Waals surface area contributed by atoms with Gasteiger partial charge < -0.3 is 10.0 Å². The molecule has 124 valence electrons. The summed E-state index contributed by atoms with van der Waals surface area (Å²) in [6, 6.07) is 0.128. The van der Waals surface area contributed by atoms with Gasteiger partial charge in [0.05, 0.1) is 31.0 Å². The van der Waals surface area contributed by atoms with Gasteiger partial charge in [0.25, 0.3) is 0 Å². The average molecular weight is 335 g/mol. The first kappa shape index (κ1) is 16.1. The number of carbonyl (C=O) groups is 1. The van der Waals surface area contributed by atoms with E-state index in [9.17, 15) is 4.79 Å². The van der Waals surface area contributed by atoms with Gasteiger partial charge in [-0.1, -0.05) is 12.1 Å². The number of nitrogens with zero attached hydrogens (tertiary/aromatic N) is 5. The minimum atomic E-state index is -0.112. The van der Waals surface area contributed by atoms with Crippen molar-refractivity contribution in [1.29, 1.82) is 0 Å². The second-order valence-electron chi connectivity index (χ2n) is 5.75. The third-order valence-corrected chi connectivity index (χ3v) is 5.00. The van der Waals surface area contributed by atoms with Crippen LogP contribution in [0.2, 0.25) is 0 Å². The summed E-state index contributed by atoms with van der Waals surface area (Å²) in [5.74, 6) is 0.120. The normalized spacial score (nSPS) is 18.3. The number of amides is 1. The molecular formula is C15H21N5O2S. The first-order valence-corrected chi connectivity index (χ1v) is 8.80. The standard InChI is InChI=1S/C15H21N5O2S/c1-2-11-10-23-14(16-11)6-15(22)19-5-3-4-13(8-19)20-7-12(9-21)17-18-20/h7,10,13,21H,2-6,8-9H2,1H3. The van der Waals surface area contributed by atoms with Crippen LogP contribution in [0.25, 0.3) is 0 Å². The Bertz CT molecular complexity index is 668. The van der Waals surface area contributed by atoms with Crippen LogP contribution in [0, 0.1) is 0 Å². The molecule has 0 saturated carbocycles. The second-order valence-corrected chi connectivity index (χ2v) is 6.69. The number of thiazole rings is 1. The summed E-state index contributed by atoms with van der Waals surface area (Å²) in [6.07, 6.45) is 4.94. The highest BCUT2D eigenvalue weighted by atomic mass is 32.1. The van der Waals surface area contributed by atoms with E-state index in [4.69, 9.17) is 5.11 Å². The number of aliphatic hydroxyl groups excluding tert-OH is 1. The molecule has 23 heavy (non-hydrogen) atoms. The second kappa shape index (κ2) is 7.18. The van der Waals surface area contributed by atoms with Gasteiger partial charge >= 0.3 is 0 Å². The van der Waals surface area contributed by atoms with E-state index in [2.05, 4.69) is 22.2 Å². The predicted molar refractivity (Wildman–Crippen MR) is 86.0 cm³/mol. The molecule has 1 N–H and O–H groups in total. The lowest BCUT2D eigenvalue weighted by Gasteiger charge is -2.32. The van der Waals surface area contributed by atoms with Crippen LogP contribution in [-0.2, 0) is 24.2 Å². The largest absolute Gasteiger partial charge is 0.390 e. The molecule has 1 saturated heterocycles. The molecule has 0 aliphatic carbocycles. The molecule has 7 nitrogen and oxygen atoms in total. The topological polar surface area (TPSA) is 84.1 Å². The zero-order valence-corrected chi connectivity index (χ0v) is 14.0. The number of aryl methyl sites for hydroxylation is 1. The van der Waals surface area contributed by atoms with Gasteiger partial charge in [-0.3, -0.25) is 4.79 Å². The molecule has 3 heterocycles. The highest BCUT2D eigenvalue weighted by Crippen LogP contribution is 2.22. The van der Waals surface area contributed by atoms with Crippen molar-refractivity contribution in [3.63, 3.8) is 0 Å². The van der Waals surface area contributed by atoms with Gasteiger partial charge in [-0.25, -0.2) is 9.67 Å². The highest BCUT2D eigenvalue weighted by molar-refractivity contribution is 7.09. The van der Waals surface area contributed by atoms with Gasteiger partial charge in [0.15, 0.2) is 0 Å². The summed E-state index contributed by atoms with van der Waals surface area (Å²) in [4.78, 5) is 18.9. The lowest BCUT2D eigenvalue weighted by atomic mass is 10.1. The van der Waals surface area contributed by atoms with E-state index in [-0.39, 0.29) is 18.6 Å². The molecule has 2 aromatic heterocycles. The smallest absolute Gasteiger partial charge is 0.229 e. The minimum absolute atomic E-state index is 0.112. The quantitative estimate of drug-likeness (QED) is 0.887. The zero-order chi connectivity index (χ0) is 16.2. The Kier molecular flexibility index (Phi) is 5.02. The summed E-state index contributed by atoms with van der Waals surface area (Å²) in [6.45, 7) is 3.37. The van der Waals surface area contributed by atoms with Gasteiger partial charge in [-0.2, -0.15) is 0 Å². The van der Waals surface area contributed by atoms with Gasteiger partial charge in [-0.05, 0) is 19.3 Å². The van der Waals surface area contributed by atoms with E-state index >= 15 is 0 Å². The molecule has 0 spiro atoms. The van der Waals surface area contributed by atoms with Crippen molar-refractivity contribution < 1.29 is 9.90 Å². The molecule has 0 radical (unpaired) electrons.